The van der Waals surface area contributed by atoms with E-state index in [4.69, 9.17) is 0 Å². The van der Waals surface area contributed by atoms with E-state index in [-0.39, 0.29) is 6.61 Å². The van der Waals surface area contributed by atoms with Crippen molar-refractivity contribution in [1.82, 2.24) is 4.90 Å². The molecule has 1 fully saturated rings. The third-order valence-electron chi connectivity index (χ3n) is 4.28. The Hall–Kier alpha value is -1.06. The van der Waals surface area contributed by atoms with E-state index in [0.29, 0.717) is 12.1 Å². The topological polar surface area (TPSA) is 26.7 Å². The van der Waals surface area contributed by atoms with Gasteiger partial charge in [0.25, 0.3) is 0 Å². The van der Waals surface area contributed by atoms with Gasteiger partial charge >= 0.3 is 0 Å². The van der Waals surface area contributed by atoms with E-state index in [1.165, 1.54) is 16.8 Å². The number of aryl methyl sites for hydroxylation is 2. The van der Waals surface area contributed by atoms with E-state index in [2.05, 4.69) is 55.8 Å². The van der Waals surface area contributed by atoms with Crippen molar-refractivity contribution in [1.29, 1.82) is 0 Å². The quantitative estimate of drug-likeness (QED) is 0.904. The molecule has 1 heterocycles. The van der Waals surface area contributed by atoms with Crippen LogP contribution in [0.5, 0.6) is 0 Å². The van der Waals surface area contributed by atoms with Gasteiger partial charge in [-0.1, -0.05) is 17.7 Å². The van der Waals surface area contributed by atoms with Crippen molar-refractivity contribution >= 4 is 5.69 Å². The molecule has 0 aromatic heterocycles. The summed E-state index contributed by atoms with van der Waals surface area (Å²) in [6, 6.07) is 7.62. The Kier molecular flexibility index (Phi) is 4.48. The second-order valence-electron chi connectivity index (χ2n) is 5.90. The lowest BCUT2D eigenvalue weighted by Crippen LogP contribution is -2.56. The zero-order valence-electron chi connectivity index (χ0n) is 12.6. The predicted molar refractivity (Wildman–Crippen MR) is 80.8 cm³/mol. The number of anilines is 1. The number of nitrogens with zero attached hydrogens (tertiary/aromatic N) is 2. The zero-order valence-corrected chi connectivity index (χ0v) is 12.6. The summed E-state index contributed by atoms with van der Waals surface area (Å²) < 4.78 is 0. The first-order valence-electron chi connectivity index (χ1n) is 7.18. The maximum Gasteiger partial charge on any atom is 0.0451 e. The first kappa shape index (κ1) is 14.4. The van der Waals surface area contributed by atoms with Gasteiger partial charge in [0.1, 0.15) is 0 Å². The molecule has 1 aliphatic rings. The molecule has 1 N–H and O–H groups in total. The number of rotatable bonds is 3. The Bertz CT molecular complexity index is 433. The van der Waals surface area contributed by atoms with Crippen LogP contribution in [0.15, 0.2) is 18.2 Å². The molecule has 0 bridgehead atoms. The lowest BCUT2D eigenvalue weighted by Gasteiger charge is -2.45. The van der Waals surface area contributed by atoms with Crippen LogP contribution >= 0.6 is 0 Å². The highest BCUT2D eigenvalue weighted by molar-refractivity contribution is 5.55. The van der Waals surface area contributed by atoms with Crippen molar-refractivity contribution in [2.75, 3.05) is 31.6 Å². The molecule has 0 radical (unpaired) electrons. The van der Waals surface area contributed by atoms with Crippen LogP contribution in [0, 0.1) is 13.8 Å². The van der Waals surface area contributed by atoms with Crippen LogP contribution in [0.1, 0.15) is 24.5 Å². The number of aliphatic hydroxyl groups excluding tert-OH is 1. The van der Waals surface area contributed by atoms with Gasteiger partial charge in [-0.15, -0.1) is 0 Å². The van der Waals surface area contributed by atoms with Gasteiger partial charge in [0.05, 0.1) is 0 Å². The van der Waals surface area contributed by atoms with Crippen molar-refractivity contribution in [2.24, 2.45) is 0 Å². The molecule has 2 atom stereocenters. The van der Waals surface area contributed by atoms with Crippen LogP contribution in [0.4, 0.5) is 5.69 Å². The molecule has 2 rings (SSSR count). The zero-order chi connectivity index (χ0) is 14.0. The second-order valence-corrected chi connectivity index (χ2v) is 5.90. The molecule has 19 heavy (non-hydrogen) atoms. The molecule has 2 unspecified atom stereocenters. The second kappa shape index (κ2) is 5.93. The number of aliphatic hydroxyl groups is 1. The summed E-state index contributed by atoms with van der Waals surface area (Å²) in [7, 11) is 2.17. The van der Waals surface area contributed by atoms with Gasteiger partial charge in [0.2, 0.25) is 0 Å². The maximum absolute atomic E-state index is 9.30. The highest BCUT2D eigenvalue weighted by atomic mass is 16.3. The molecule has 0 aliphatic carbocycles. The first-order chi connectivity index (χ1) is 9.02. The van der Waals surface area contributed by atoms with Gasteiger partial charge in [0.15, 0.2) is 0 Å². The lowest BCUT2D eigenvalue weighted by molar-refractivity contribution is 0.177. The highest BCUT2D eigenvalue weighted by Crippen LogP contribution is 2.27. The van der Waals surface area contributed by atoms with Gasteiger partial charge in [-0.05, 0) is 45.9 Å². The molecule has 3 heteroatoms. The Morgan fingerprint density at radius 3 is 2.63 bits per heavy atom. The van der Waals surface area contributed by atoms with Crippen LogP contribution in [0.2, 0.25) is 0 Å². The fraction of sp³-hybridized carbons (Fsp3) is 0.625. The summed E-state index contributed by atoms with van der Waals surface area (Å²) in [6.07, 6.45) is 0.838. The molecule has 0 spiro atoms. The summed E-state index contributed by atoms with van der Waals surface area (Å²) in [5, 5.41) is 9.30. The largest absolute Gasteiger partial charge is 0.396 e. The van der Waals surface area contributed by atoms with Crippen LogP contribution < -0.4 is 4.90 Å². The average Bonchev–Trinajstić information content (AvgIpc) is 2.34. The van der Waals surface area contributed by atoms with Crippen molar-refractivity contribution in [2.45, 2.75) is 39.3 Å². The molecular weight excluding hydrogens is 236 g/mol. The summed E-state index contributed by atoms with van der Waals surface area (Å²) >= 11 is 0. The van der Waals surface area contributed by atoms with Crippen LogP contribution in [0.25, 0.3) is 0 Å². The molecule has 1 aliphatic heterocycles. The van der Waals surface area contributed by atoms with E-state index in [9.17, 15) is 5.11 Å². The Morgan fingerprint density at radius 2 is 2.00 bits per heavy atom. The molecule has 0 amide bonds. The Labute approximate surface area is 116 Å². The summed E-state index contributed by atoms with van der Waals surface area (Å²) in [5.74, 6) is 0. The fourth-order valence-corrected chi connectivity index (χ4v) is 3.00. The number of hydrogen-bond donors (Lipinski definition) is 1. The first-order valence-corrected chi connectivity index (χ1v) is 7.18. The van der Waals surface area contributed by atoms with Crippen LogP contribution in [-0.2, 0) is 0 Å². The van der Waals surface area contributed by atoms with E-state index in [1.807, 2.05) is 0 Å². The van der Waals surface area contributed by atoms with Crippen LogP contribution in [-0.4, -0.2) is 48.8 Å². The number of benzene rings is 1. The van der Waals surface area contributed by atoms with E-state index in [0.717, 1.165) is 19.5 Å². The molecule has 1 aromatic rings. The smallest absolute Gasteiger partial charge is 0.0451 e. The Balaban J connectivity index is 2.28. The summed E-state index contributed by atoms with van der Waals surface area (Å²) in [4.78, 5) is 4.87. The van der Waals surface area contributed by atoms with E-state index >= 15 is 0 Å². The lowest BCUT2D eigenvalue weighted by atomic mass is 10.0. The number of likely N-dealkylation sites (N-methyl/N-ethyl adjacent to an activating group) is 1. The SMILES string of the molecule is Cc1ccc(N2CC(C)N(C)CC2CCO)c(C)c1. The third kappa shape index (κ3) is 3.10. The molecule has 1 saturated heterocycles. The minimum atomic E-state index is 0.258. The van der Waals surface area contributed by atoms with Crippen molar-refractivity contribution in [3.8, 4) is 0 Å². The molecule has 1 aromatic carbocycles. The number of hydrogen-bond acceptors (Lipinski definition) is 3. The normalized spacial score (nSPS) is 24.8. The predicted octanol–water partition coefficient (Wildman–Crippen LogP) is 2.19. The van der Waals surface area contributed by atoms with Crippen LogP contribution in [0.3, 0.4) is 0 Å². The molecule has 0 saturated carbocycles. The van der Waals surface area contributed by atoms with Crippen molar-refractivity contribution in [3.63, 3.8) is 0 Å². The minimum Gasteiger partial charge on any atom is -0.396 e. The highest BCUT2D eigenvalue weighted by Gasteiger charge is 2.29. The van der Waals surface area contributed by atoms with Crippen molar-refractivity contribution in [3.05, 3.63) is 29.3 Å². The monoisotopic (exact) mass is 262 g/mol. The van der Waals surface area contributed by atoms with E-state index in [1.54, 1.807) is 0 Å². The van der Waals surface area contributed by atoms with Gasteiger partial charge in [0, 0.05) is 37.5 Å². The standard InChI is InChI=1S/C16H26N2O/c1-12-5-6-16(13(2)9-12)18-10-14(3)17(4)11-15(18)7-8-19/h5-6,9,14-15,19H,7-8,10-11H2,1-4H3. The van der Waals surface area contributed by atoms with E-state index < -0.39 is 0 Å². The van der Waals surface area contributed by atoms with Crippen molar-refractivity contribution < 1.29 is 5.11 Å². The maximum atomic E-state index is 9.30. The minimum absolute atomic E-state index is 0.258. The average molecular weight is 262 g/mol. The third-order valence-corrected chi connectivity index (χ3v) is 4.28. The number of piperazine rings is 1. The van der Waals surface area contributed by atoms with Gasteiger partial charge < -0.3 is 10.0 Å². The molecular formula is C16H26N2O. The van der Waals surface area contributed by atoms with Gasteiger partial charge in [-0.2, -0.15) is 0 Å². The Morgan fingerprint density at radius 1 is 1.26 bits per heavy atom. The van der Waals surface area contributed by atoms with Gasteiger partial charge in [-0.3, -0.25) is 4.90 Å². The summed E-state index contributed by atoms with van der Waals surface area (Å²) in [5.41, 5.74) is 3.96. The van der Waals surface area contributed by atoms with Gasteiger partial charge in [-0.25, -0.2) is 0 Å². The molecule has 106 valence electrons. The fourth-order valence-electron chi connectivity index (χ4n) is 3.00. The summed E-state index contributed by atoms with van der Waals surface area (Å²) in [6.45, 7) is 8.90. The molecule has 3 nitrogen and oxygen atoms in total.